The van der Waals surface area contributed by atoms with E-state index in [2.05, 4.69) is 10.3 Å². The van der Waals surface area contributed by atoms with Gasteiger partial charge >= 0.3 is 5.97 Å². The van der Waals surface area contributed by atoms with Crippen molar-refractivity contribution in [3.05, 3.63) is 64.5 Å². The molecule has 1 aromatic heterocycles. The molecule has 0 saturated heterocycles. The topological polar surface area (TPSA) is 81.4 Å². The molecule has 3 rings (SSSR count). The number of aromatic nitrogens is 1. The van der Waals surface area contributed by atoms with Gasteiger partial charge in [-0.15, -0.1) is 0 Å². The number of halogens is 2. The van der Waals surface area contributed by atoms with Crippen LogP contribution in [0.3, 0.4) is 0 Å². The molecule has 0 spiro atoms. The Balaban J connectivity index is 1.59. The van der Waals surface area contributed by atoms with E-state index < -0.39 is 18.0 Å². The number of rotatable bonds is 5. The molecule has 138 valence electrons. The number of esters is 1. The van der Waals surface area contributed by atoms with E-state index in [9.17, 15) is 9.59 Å². The molecule has 1 N–H and O–H groups in total. The second-order valence-corrected chi connectivity index (χ2v) is 6.39. The number of amides is 1. The van der Waals surface area contributed by atoms with Crippen molar-refractivity contribution in [2.75, 3.05) is 5.32 Å². The quantitative estimate of drug-likeness (QED) is 0.491. The van der Waals surface area contributed by atoms with Gasteiger partial charge < -0.3 is 14.5 Å². The molecule has 1 amide bonds. The van der Waals surface area contributed by atoms with E-state index in [0.29, 0.717) is 26.8 Å². The maximum atomic E-state index is 12.2. The van der Waals surface area contributed by atoms with Crippen LogP contribution in [0.2, 0.25) is 10.0 Å². The molecule has 8 heteroatoms. The predicted octanol–water partition coefficient (Wildman–Crippen LogP) is 4.72. The molecule has 0 aliphatic rings. The first-order chi connectivity index (χ1) is 12.9. The Bertz CT molecular complexity index is 996. The van der Waals surface area contributed by atoms with Crippen LogP contribution in [0.15, 0.2) is 53.0 Å². The fraction of sp³-hybridized carbons (Fsp3) is 0.105. The van der Waals surface area contributed by atoms with Gasteiger partial charge in [0.05, 0.1) is 10.7 Å². The van der Waals surface area contributed by atoms with E-state index in [1.165, 1.54) is 19.1 Å². The monoisotopic (exact) mass is 404 g/mol. The van der Waals surface area contributed by atoms with Crippen LogP contribution in [-0.4, -0.2) is 23.0 Å². The van der Waals surface area contributed by atoms with Crippen LogP contribution >= 0.6 is 23.2 Å². The first-order valence-corrected chi connectivity index (χ1v) is 8.68. The summed E-state index contributed by atoms with van der Waals surface area (Å²) >= 11 is 11.9. The van der Waals surface area contributed by atoms with Gasteiger partial charge in [-0.3, -0.25) is 4.79 Å². The standard InChI is InChI=1S/C19H14Cl2N2O4/c1-11(19(25)23-15-10-12(20)6-7-13(15)21)26-18(24)9-8-17-22-14-4-2-3-5-16(14)27-17/h2-11H,1H3,(H,23,25)/b9-8+. The molecule has 0 bridgehead atoms. The number of oxazole rings is 1. The number of hydrogen-bond donors (Lipinski definition) is 1. The van der Waals surface area contributed by atoms with Gasteiger partial charge in [0.15, 0.2) is 11.7 Å². The number of anilines is 1. The summed E-state index contributed by atoms with van der Waals surface area (Å²) in [4.78, 5) is 28.3. The number of benzene rings is 2. The molecule has 0 fully saturated rings. The van der Waals surface area contributed by atoms with Gasteiger partial charge in [-0.25, -0.2) is 9.78 Å². The first-order valence-electron chi connectivity index (χ1n) is 7.92. The van der Waals surface area contributed by atoms with Crippen molar-refractivity contribution in [1.29, 1.82) is 0 Å². The van der Waals surface area contributed by atoms with E-state index in [4.69, 9.17) is 32.4 Å². The fourth-order valence-corrected chi connectivity index (χ4v) is 2.53. The minimum absolute atomic E-state index is 0.260. The third-order valence-corrected chi connectivity index (χ3v) is 4.09. The number of ether oxygens (including phenoxy) is 1. The van der Waals surface area contributed by atoms with Crippen molar-refractivity contribution >= 4 is 57.9 Å². The van der Waals surface area contributed by atoms with Crippen LogP contribution < -0.4 is 5.32 Å². The first kappa shape index (κ1) is 18.9. The Morgan fingerprint density at radius 2 is 2.00 bits per heavy atom. The van der Waals surface area contributed by atoms with Gasteiger partial charge in [-0.05, 0) is 37.3 Å². The van der Waals surface area contributed by atoms with Gasteiger partial charge in [-0.2, -0.15) is 0 Å². The van der Waals surface area contributed by atoms with Crippen LogP contribution in [0, 0.1) is 0 Å². The Kier molecular flexibility index (Phi) is 5.78. The summed E-state index contributed by atoms with van der Waals surface area (Å²) in [5.41, 5.74) is 1.62. The summed E-state index contributed by atoms with van der Waals surface area (Å²) < 4.78 is 10.5. The zero-order valence-electron chi connectivity index (χ0n) is 14.1. The minimum Gasteiger partial charge on any atom is -0.449 e. The molecule has 6 nitrogen and oxygen atoms in total. The molecule has 1 atom stereocenters. The SMILES string of the molecule is CC(OC(=O)/C=C/c1nc2ccccc2o1)C(=O)Nc1cc(Cl)ccc1Cl. The van der Waals surface area contributed by atoms with E-state index in [0.717, 1.165) is 6.08 Å². The number of carbonyl (C=O) groups excluding carboxylic acids is 2. The minimum atomic E-state index is -1.04. The average molecular weight is 405 g/mol. The van der Waals surface area contributed by atoms with Crippen molar-refractivity contribution in [3.63, 3.8) is 0 Å². The zero-order valence-corrected chi connectivity index (χ0v) is 15.6. The Hall–Kier alpha value is -2.83. The molecule has 0 radical (unpaired) electrons. The van der Waals surface area contributed by atoms with Gasteiger partial charge in [0.25, 0.3) is 5.91 Å². The third kappa shape index (κ3) is 4.87. The smallest absolute Gasteiger partial charge is 0.331 e. The molecule has 0 aliphatic heterocycles. The highest BCUT2D eigenvalue weighted by Crippen LogP contribution is 2.25. The largest absolute Gasteiger partial charge is 0.449 e. The van der Waals surface area contributed by atoms with Crippen molar-refractivity contribution in [2.45, 2.75) is 13.0 Å². The molecule has 3 aromatic rings. The number of nitrogens with one attached hydrogen (secondary N) is 1. The molecule has 2 aromatic carbocycles. The second-order valence-electron chi connectivity index (χ2n) is 5.55. The summed E-state index contributed by atoms with van der Waals surface area (Å²) in [5.74, 6) is -0.990. The average Bonchev–Trinajstić information content (AvgIpc) is 3.06. The maximum Gasteiger partial charge on any atom is 0.331 e. The van der Waals surface area contributed by atoms with Gasteiger partial charge in [-0.1, -0.05) is 35.3 Å². The summed E-state index contributed by atoms with van der Waals surface area (Å²) in [5, 5.41) is 3.30. The second kappa shape index (κ2) is 8.24. The Morgan fingerprint density at radius 3 is 2.78 bits per heavy atom. The third-order valence-electron chi connectivity index (χ3n) is 3.52. The lowest BCUT2D eigenvalue weighted by molar-refractivity contribution is -0.148. The number of nitrogens with zero attached hydrogens (tertiary/aromatic N) is 1. The van der Waals surface area contributed by atoms with Crippen LogP contribution in [0.1, 0.15) is 12.8 Å². The molecular weight excluding hydrogens is 391 g/mol. The molecule has 1 unspecified atom stereocenters. The molecule has 0 aliphatic carbocycles. The normalized spacial score (nSPS) is 12.3. The van der Waals surface area contributed by atoms with Crippen molar-refractivity contribution in [3.8, 4) is 0 Å². The van der Waals surface area contributed by atoms with Gasteiger partial charge in [0.2, 0.25) is 5.89 Å². The van der Waals surface area contributed by atoms with Gasteiger partial charge in [0, 0.05) is 17.2 Å². The van der Waals surface area contributed by atoms with Crippen LogP contribution in [0.5, 0.6) is 0 Å². The van der Waals surface area contributed by atoms with Crippen molar-refractivity contribution in [2.24, 2.45) is 0 Å². The summed E-state index contributed by atoms with van der Waals surface area (Å²) in [6.45, 7) is 1.44. The van der Waals surface area contributed by atoms with E-state index >= 15 is 0 Å². The highest BCUT2D eigenvalue weighted by molar-refractivity contribution is 6.35. The van der Waals surface area contributed by atoms with Crippen molar-refractivity contribution in [1.82, 2.24) is 4.98 Å². The van der Waals surface area contributed by atoms with Crippen LogP contribution in [0.25, 0.3) is 17.2 Å². The lowest BCUT2D eigenvalue weighted by atomic mass is 10.3. The lowest BCUT2D eigenvalue weighted by Crippen LogP contribution is -2.29. The predicted molar refractivity (Wildman–Crippen MR) is 104 cm³/mol. The van der Waals surface area contributed by atoms with E-state index in [1.807, 2.05) is 12.1 Å². The summed E-state index contributed by atoms with van der Waals surface area (Å²) in [6.07, 6.45) is 1.47. The highest BCUT2D eigenvalue weighted by atomic mass is 35.5. The lowest BCUT2D eigenvalue weighted by Gasteiger charge is -2.13. The number of hydrogen-bond acceptors (Lipinski definition) is 5. The molecule has 27 heavy (non-hydrogen) atoms. The van der Waals surface area contributed by atoms with Crippen LogP contribution in [-0.2, 0) is 14.3 Å². The Morgan fingerprint density at radius 1 is 1.22 bits per heavy atom. The van der Waals surface area contributed by atoms with Crippen molar-refractivity contribution < 1.29 is 18.7 Å². The molecule has 1 heterocycles. The molecular formula is C19H14Cl2N2O4. The summed E-state index contributed by atoms with van der Waals surface area (Å²) in [6, 6.07) is 11.9. The fourth-order valence-electron chi connectivity index (χ4n) is 2.20. The van der Waals surface area contributed by atoms with Crippen LogP contribution in [0.4, 0.5) is 5.69 Å². The van der Waals surface area contributed by atoms with Gasteiger partial charge in [0.1, 0.15) is 5.52 Å². The number of fused-ring (bicyclic) bond motifs is 1. The van der Waals surface area contributed by atoms with E-state index in [-0.39, 0.29) is 5.89 Å². The zero-order chi connectivity index (χ0) is 19.4. The van der Waals surface area contributed by atoms with E-state index in [1.54, 1.807) is 24.3 Å². The maximum absolute atomic E-state index is 12.2. The number of carbonyl (C=O) groups is 2. The highest BCUT2D eigenvalue weighted by Gasteiger charge is 2.18. The summed E-state index contributed by atoms with van der Waals surface area (Å²) in [7, 11) is 0. The number of para-hydroxylation sites is 2. The molecule has 0 saturated carbocycles. The Labute approximate surface area is 164 Å².